The first-order valence-electron chi connectivity index (χ1n) is 6.17. The zero-order valence-corrected chi connectivity index (χ0v) is 11.8. The summed E-state index contributed by atoms with van der Waals surface area (Å²) < 4.78 is 6.40. The van der Waals surface area contributed by atoms with E-state index in [-0.39, 0.29) is 12.5 Å². The molecular formula is C13H17BrN2O2. The maximum atomic E-state index is 11.7. The van der Waals surface area contributed by atoms with Crippen LogP contribution in [-0.2, 0) is 4.79 Å². The molecule has 0 spiro atoms. The number of amides is 1. The van der Waals surface area contributed by atoms with Crippen molar-refractivity contribution < 1.29 is 9.53 Å². The smallest absolute Gasteiger partial charge is 0.272 e. The molecule has 0 radical (unpaired) electrons. The van der Waals surface area contributed by atoms with Gasteiger partial charge in [0.05, 0.1) is 0 Å². The molecule has 1 amide bonds. The highest BCUT2D eigenvalue weighted by Crippen LogP contribution is 2.15. The Kier molecular flexibility index (Phi) is 5.01. The number of carbonyl (C=O) groups is 1. The van der Waals surface area contributed by atoms with Crippen LogP contribution in [0.15, 0.2) is 28.7 Å². The van der Waals surface area contributed by atoms with Crippen molar-refractivity contribution in [1.82, 2.24) is 10.4 Å². The average Bonchev–Trinajstić information content (AvgIpc) is 2.39. The molecule has 98 valence electrons. The summed E-state index contributed by atoms with van der Waals surface area (Å²) >= 11 is 3.35. The molecule has 5 heteroatoms. The maximum Gasteiger partial charge on any atom is 0.272 e. The Labute approximate surface area is 115 Å². The summed E-state index contributed by atoms with van der Waals surface area (Å²) in [6, 6.07) is 7.44. The second-order valence-electron chi connectivity index (χ2n) is 4.33. The minimum atomic E-state index is -0.0974. The van der Waals surface area contributed by atoms with E-state index in [9.17, 15) is 4.79 Å². The van der Waals surface area contributed by atoms with Crippen molar-refractivity contribution >= 4 is 21.8 Å². The van der Waals surface area contributed by atoms with Gasteiger partial charge in [-0.15, -0.1) is 0 Å². The summed E-state index contributed by atoms with van der Waals surface area (Å²) in [6.07, 6.45) is 3.55. The van der Waals surface area contributed by atoms with Crippen LogP contribution in [0.1, 0.15) is 19.3 Å². The second-order valence-corrected chi connectivity index (χ2v) is 5.24. The predicted molar refractivity (Wildman–Crippen MR) is 73.2 cm³/mol. The van der Waals surface area contributed by atoms with E-state index in [4.69, 9.17) is 4.74 Å². The van der Waals surface area contributed by atoms with Gasteiger partial charge in [0, 0.05) is 17.6 Å². The molecule has 0 unspecified atom stereocenters. The van der Waals surface area contributed by atoms with Gasteiger partial charge >= 0.3 is 0 Å². The van der Waals surface area contributed by atoms with E-state index in [1.165, 1.54) is 6.42 Å². The molecule has 1 aliphatic rings. The highest BCUT2D eigenvalue weighted by Gasteiger charge is 2.12. The average molecular weight is 313 g/mol. The molecule has 0 aromatic heterocycles. The lowest BCUT2D eigenvalue weighted by atomic mass is 10.2. The number of nitrogens with zero attached hydrogens (tertiary/aromatic N) is 1. The summed E-state index contributed by atoms with van der Waals surface area (Å²) in [5.74, 6) is 0.604. The van der Waals surface area contributed by atoms with Crippen molar-refractivity contribution in [2.45, 2.75) is 19.3 Å². The van der Waals surface area contributed by atoms with Gasteiger partial charge in [-0.25, -0.2) is 5.01 Å². The Morgan fingerprint density at radius 2 is 1.89 bits per heavy atom. The standard InChI is InChI=1S/C13H17BrN2O2/c14-11-4-6-12(7-5-11)18-10-13(17)15-16-8-2-1-3-9-16/h4-7H,1-3,8-10H2,(H,15,17). The molecule has 0 bridgehead atoms. The maximum absolute atomic E-state index is 11.7. The van der Waals surface area contributed by atoms with Crippen molar-refractivity contribution in [3.05, 3.63) is 28.7 Å². The zero-order chi connectivity index (χ0) is 12.8. The SMILES string of the molecule is O=C(COc1ccc(Br)cc1)NN1CCCCC1. The molecule has 4 nitrogen and oxygen atoms in total. The molecular weight excluding hydrogens is 296 g/mol. The Morgan fingerprint density at radius 1 is 1.22 bits per heavy atom. The van der Waals surface area contributed by atoms with E-state index in [1.807, 2.05) is 29.3 Å². The molecule has 1 aromatic carbocycles. The van der Waals surface area contributed by atoms with Gasteiger partial charge < -0.3 is 4.74 Å². The number of hydrogen-bond donors (Lipinski definition) is 1. The van der Waals surface area contributed by atoms with Crippen molar-refractivity contribution in [3.63, 3.8) is 0 Å². The number of piperidine rings is 1. The van der Waals surface area contributed by atoms with Crippen molar-refractivity contribution in [3.8, 4) is 5.75 Å². The fraction of sp³-hybridized carbons (Fsp3) is 0.462. The lowest BCUT2D eigenvalue weighted by molar-refractivity contribution is -0.128. The van der Waals surface area contributed by atoms with Crippen LogP contribution in [0.2, 0.25) is 0 Å². The van der Waals surface area contributed by atoms with Crippen LogP contribution in [0.4, 0.5) is 0 Å². The molecule has 18 heavy (non-hydrogen) atoms. The van der Waals surface area contributed by atoms with Gasteiger partial charge in [0.2, 0.25) is 0 Å². The highest BCUT2D eigenvalue weighted by molar-refractivity contribution is 9.10. The summed E-state index contributed by atoms with van der Waals surface area (Å²) in [5, 5.41) is 1.97. The quantitative estimate of drug-likeness (QED) is 0.928. The summed E-state index contributed by atoms with van der Waals surface area (Å²) in [4.78, 5) is 11.7. The number of halogens is 1. The molecule has 0 saturated carbocycles. The molecule has 0 atom stereocenters. The Balaban J connectivity index is 1.72. The number of ether oxygens (including phenoxy) is 1. The lowest BCUT2D eigenvalue weighted by Gasteiger charge is -2.26. The zero-order valence-electron chi connectivity index (χ0n) is 10.2. The van der Waals surface area contributed by atoms with Gasteiger partial charge in [0.25, 0.3) is 5.91 Å². The molecule has 2 rings (SSSR count). The van der Waals surface area contributed by atoms with Crippen LogP contribution in [0.3, 0.4) is 0 Å². The van der Waals surface area contributed by atoms with Gasteiger partial charge in [-0.1, -0.05) is 22.4 Å². The monoisotopic (exact) mass is 312 g/mol. The van der Waals surface area contributed by atoms with E-state index >= 15 is 0 Å². The predicted octanol–water partition coefficient (Wildman–Crippen LogP) is 2.34. The van der Waals surface area contributed by atoms with E-state index in [0.717, 1.165) is 30.4 Å². The molecule has 1 saturated heterocycles. The molecule has 1 N–H and O–H groups in total. The van der Waals surface area contributed by atoms with Gasteiger partial charge in [-0.05, 0) is 37.1 Å². The number of nitrogens with one attached hydrogen (secondary N) is 1. The normalized spacial score (nSPS) is 16.3. The van der Waals surface area contributed by atoms with Gasteiger partial charge in [-0.2, -0.15) is 0 Å². The summed E-state index contributed by atoms with van der Waals surface area (Å²) in [5.41, 5.74) is 2.86. The van der Waals surface area contributed by atoms with Crippen LogP contribution in [-0.4, -0.2) is 30.6 Å². The minimum Gasteiger partial charge on any atom is -0.484 e. The third-order valence-electron chi connectivity index (χ3n) is 2.82. The van der Waals surface area contributed by atoms with Crippen molar-refractivity contribution in [2.24, 2.45) is 0 Å². The molecule has 1 fully saturated rings. The number of rotatable bonds is 4. The van der Waals surface area contributed by atoms with Crippen LogP contribution in [0, 0.1) is 0 Å². The lowest BCUT2D eigenvalue weighted by Crippen LogP contribution is -2.46. The Hall–Kier alpha value is -1.07. The third kappa shape index (κ3) is 4.31. The van der Waals surface area contributed by atoms with E-state index in [0.29, 0.717) is 5.75 Å². The van der Waals surface area contributed by atoms with E-state index < -0.39 is 0 Å². The number of benzene rings is 1. The molecule has 1 aromatic rings. The summed E-state index contributed by atoms with van der Waals surface area (Å²) in [6.45, 7) is 1.92. The topological polar surface area (TPSA) is 41.6 Å². The molecule has 1 aliphatic heterocycles. The van der Waals surface area contributed by atoms with Crippen LogP contribution >= 0.6 is 15.9 Å². The van der Waals surface area contributed by atoms with Gasteiger partial charge in [0.1, 0.15) is 5.75 Å². The summed E-state index contributed by atoms with van der Waals surface area (Å²) in [7, 11) is 0. The van der Waals surface area contributed by atoms with Crippen LogP contribution in [0.5, 0.6) is 5.75 Å². The second kappa shape index (κ2) is 6.75. The van der Waals surface area contributed by atoms with Crippen molar-refractivity contribution in [1.29, 1.82) is 0 Å². The fourth-order valence-corrected chi connectivity index (χ4v) is 2.16. The van der Waals surface area contributed by atoms with E-state index in [2.05, 4.69) is 21.4 Å². The highest BCUT2D eigenvalue weighted by atomic mass is 79.9. The van der Waals surface area contributed by atoms with Gasteiger partial charge in [0.15, 0.2) is 6.61 Å². The largest absolute Gasteiger partial charge is 0.484 e. The van der Waals surface area contributed by atoms with E-state index in [1.54, 1.807) is 0 Å². The van der Waals surface area contributed by atoms with Crippen LogP contribution < -0.4 is 10.2 Å². The first-order valence-corrected chi connectivity index (χ1v) is 6.96. The van der Waals surface area contributed by atoms with Gasteiger partial charge in [-0.3, -0.25) is 10.2 Å². The molecule has 1 heterocycles. The number of carbonyl (C=O) groups excluding carboxylic acids is 1. The van der Waals surface area contributed by atoms with Crippen LogP contribution in [0.25, 0.3) is 0 Å². The number of hydrogen-bond acceptors (Lipinski definition) is 3. The molecule has 0 aliphatic carbocycles. The fourth-order valence-electron chi connectivity index (χ4n) is 1.89. The first kappa shape index (κ1) is 13.4. The Bertz CT molecular complexity index is 388. The Morgan fingerprint density at radius 3 is 2.56 bits per heavy atom. The first-order chi connectivity index (χ1) is 8.74. The number of hydrazine groups is 1. The third-order valence-corrected chi connectivity index (χ3v) is 3.35. The minimum absolute atomic E-state index is 0.0537. The van der Waals surface area contributed by atoms with Crippen molar-refractivity contribution in [2.75, 3.05) is 19.7 Å².